The number of aromatic nitrogens is 2. The van der Waals surface area contributed by atoms with Gasteiger partial charge in [0.15, 0.2) is 0 Å². The van der Waals surface area contributed by atoms with Crippen molar-refractivity contribution in [2.24, 2.45) is 0 Å². The molecule has 0 amide bonds. The largest absolute Gasteiger partial charge is 0.374 e. The summed E-state index contributed by atoms with van der Waals surface area (Å²) in [6.45, 7) is 1.94. The fraction of sp³-hybridized carbons (Fsp3) is 0.182. The predicted molar refractivity (Wildman–Crippen MR) is 64.7 cm³/mol. The van der Waals surface area contributed by atoms with Gasteiger partial charge in [-0.15, -0.1) is 0 Å². The summed E-state index contributed by atoms with van der Waals surface area (Å²) >= 11 is 3.31. The van der Waals surface area contributed by atoms with Crippen molar-refractivity contribution < 1.29 is 4.39 Å². The summed E-state index contributed by atoms with van der Waals surface area (Å²) in [5.74, 6) is -0.277. The van der Waals surface area contributed by atoms with Gasteiger partial charge in [0.2, 0.25) is 0 Å². The highest BCUT2D eigenvalue weighted by molar-refractivity contribution is 9.10. The quantitative estimate of drug-likeness (QED) is 0.905. The van der Waals surface area contributed by atoms with Crippen LogP contribution >= 0.6 is 15.9 Å². The summed E-state index contributed by atoms with van der Waals surface area (Å²) in [5, 5.41) is 9.79. The number of benzene rings is 1. The molecule has 2 rings (SSSR count). The smallest absolute Gasteiger partial charge is 0.147 e. The first-order chi connectivity index (χ1) is 7.68. The molecule has 1 atom stereocenters. The molecule has 0 aliphatic heterocycles. The van der Waals surface area contributed by atoms with Gasteiger partial charge in [-0.3, -0.25) is 5.10 Å². The van der Waals surface area contributed by atoms with Crippen LogP contribution in [0.25, 0.3) is 0 Å². The van der Waals surface area contributed by atoms with Crippen molar-refractivity contribution in [1.82, 2.24) is 10.2 Å². The van der Waals surface area contributed by atoms with Crippen LogP contribution in [0.5, 0.6) is 0 Å². The highest BCUT2D eigenvalue weighted by Crippen LogP contribution is 2.28. The second-order valence-corrected chi connectivity index (χ2v) is 4.33. The average molecular weight is 284 g/mol. The Morgan fingerprint density at radius 2 is 2.25 bits per heavy atom. The van der Waals surface area contributed by atoms with Gasteiger partial charge in [-0.2, -0.15) is 5.10 Å². The molecular weight excluding hydrogens is 273 g/mol. The minimum Gasteiger partial charge on any atom is -0.374 e. The zero-order chi connectivity index (χ0) is 11.5. The Morgan fingerprint density at radius 1 is 1.44 bits per heavy atom. The topological polar surface area (TPSA) is 40.7 Å². The van der Waals surface area contributed by atoms with Crippen LogP contribution < -0.4 is 5.32 Å². The Labute approximate surface area is 101 Å². The Kier molecular flexibility index (Phi) is 3.24. The Hall–Kier alpha value is -1.36. The highest BCUT2D eigenvalue weighted by Gasteiger charge is 2.11. The average Bonchev–Trinajstić information content (AvgIpc) is 2.76. The summed E-state index contributed by atoms with van der Waals surface area (Å²) in [6.07, 6.45) is 1.67. The summed E-state index contributed by atoms with van der Waals surface area (Å²) < 4.78 is 14.2. The molecule has 2 aromatic rings. The van der Waals surface area contributed by atoms with Crippen LogP contribution in [0, 0.1) is 5.82 Å². The van der Waals surface area contributed by atoms with Crippen LogP contribution in [0.4, 0.5) is 10.1 Å². The number of anilines is 1. The van der Waals surface area contributed by atoms with Gasteiger partial charge >= 0.3 is 0 Å². The molecule has 3 nitrogen and oxygen atoms in total. The molecule has 0 aliphatic rings. The molecular formula is C11H11BrFN3. The van der Waals surface area contributed by atoms with Crippen LogP contribution in [-0.2, 0) is 0 Å². The number of hydrogen-bond acceptors (Lipinski definition) is 2. The highest BCUT2D eigenvalue weighted by atomic mass is 79.9. The van der Waals surface area contributed by atoms with Crippen molar-refractivity contribution in [2.45, 2.75) is 13.0 Å². The van der Waals surface area contributed by atoms with Gasteiger partial charge in [-0.25, -0.2) is 4.39 Å². The van der Waals surface area contributed by atoms with Crippen molar-refractivity contribution in [2.75, 3.05) is 5.32 Å². The van der Waals surface area contributed by atoms with Crippen LogP contribution in [0.3, 0.4) is 0 Å². The number of H-pyrrole nitrogens is 1. The van der Waals surface area contributed by atoms with E-state index in [4.69, 9.17) is 0 Å². The second-order valence-electron chi connectivity index (χ2n) is 3.47. The van der Waals surface area contributed by atoms with E-state index in [0.717, 1.165) is 5.69 Å². The standard InChI is InChI=1S/C11H11BrFN3/c1-7(10-5-6-14-16-10)15-11-8(12)3-2-4-9(11)13/h2-7,15H,1H3,(H,14,16). The number of halogens is 2. The van der Waals surface area contributed by atoms with Crippen molar-refractivity contribution in [3.63, 3.8) is 0 Å². The van der Waals surface area contributed by atoms with E-state index in [-0.39, 0.29) is 11.9 Å². The number of para-hydroxylation sites is 1. The molecule has 5 heteroatoms. The minimum absolute atomic E-state index is 0.0318. The molecule has 1 unspecified atom stereocenters. The van der Waals surface area contributed by atoms with E-state index < -0.39 is 0 Å². The molecule has 1 aromatic carbocycles. The molecule has 0 aliphatic carbocycles. The van der Waals surface area contributed by atoms with E-state index in [9.17, 15) is 4.39 Å². The molecule has 1 aromatic heterocycles. The van der Waals surface area contributed by atoms with Gasteiger partial charge < -0.3 is 5.32 Å². The van der Waals surface area contributed by atoms with Gasteiger partial charge in [0.1, 0.15) is 5.82 Å². The fourth-order valence-corrected chi connectivity index (χ4v) is 1.89. The Bertz CT molecular complexity index is 450. The van der Waals surface area contributed by atoms with Gasteiger partial charge in [-0.05, 0) is 41.1 Å². The van der Waals surface area contributed by atoms with Crippen molar-refractivity contribution in [3.05, 3.63) is 46.4 Å². The lowest BCUT2D eigenvalue weighted by molar-refractivity contribution is 0.626. The third-order valence-corrected chi connectivity index (χ3v) is 2.97. The summed E-state index contributed by atoms with van der Waals surface area (Å²) in [4.78, 5) is 0. The van der Waals surface area contributed by atoms with E-state index in [1.807, 2.05) is 13.0 Å². The Balaban J connectivity index is 2.21. The molecule has 16 heavy (non-hydrogen) atoms. The van der Waals surface area contributed by atoms with E-state index in [0.29, 0.717) is 10.2 Å². The molecule has 1 heterocycles. The van der Waals surface area contributed by atoms with E-state index in [1.165, 1.54) is 6.07 Å². The molecule has 0 fully saturated rings. The zero-order valence-corrected chi connectivity index (χ0v) is 10.3. The number of nitrogens with zero attached hydrogens (tertiary/aromatic N) is 1. The number of hydrogen-bond donors (Lipinski definition) is 2. The Morgan fingerprint density at radius 3 is 2.88 bits per heavy atom. The maximum atomic E-state index is 13.5. The van der Waals surface area contributed by atoms with Crippen molar-refractivity contribution >= 4 is 21.6 Å². The van der Waals surface area contributed by atoms with Crippen LogP contribution in [-0.4, -0.2) is 10.2 Å². The van der Waals surface area contributed by atoms with E-state index in [1.54, 1.807) is 18.3 Å². The van der Waals surface area contributed by atoms with E-state index >= 15 is 0 Å². The SMILES string of the molecule is CC(Nc1c(F)cccc1Br)c1ccn[nH]1. The fourth-order valence-electron chi connectivity index (χ4n) is 1.44. The van der Waals surface area contributed by atoms with Gasteiger partial charge in [0, 0.05) is 10.7 Å². The third kappa shape index (κ3) is 2.24. The predicted octanol–water partition coefficient (Wildman–Crippen LogP) is 3.48. The molecule has 0 spiro atoms. The lowest BCUT2D eigenvalue weighted by Gasteiger charge is -2.15. The molecule has 0 radical (unpaired) electrons. The first kappa shape index (κ1) is 11.1. The van der Waals surface area contributed by atoms with Crippen LogP contribution in [0.15, 0.2) is 34.9 Å². The van der Waals surface area contributed by atoms with Gasteiger partial charge in [0.05, 0.1) is 17.4 Å². The molecule has 84 valence electrons. The van der Waals surface area contributed by atoms with Crippen LogP contribution in [0.1, 0.15) is 18.7 Å². The molecule has 0 saturated carbocycles. The summed E-state index contributed by atoms with van der Waals surface area (Å²) in [5.41, 5.74) is 1.37. The third-order valence-electron chi connectivity index (χ3n) is 2.31. The number of aromatic amines is 1. The number of rotatable bonds is 3. The molecule has 0 bridgehead atoms. The maximum absolute atomic E-state index is 13.5. The van der Waals surface area contributed by atoms with Gasteiger partial charge in [-0.1, -0.05) is 6.07 Å². The van der Waals surface area contributed by atoms with Crippen molar-refractivity contribution in [1.29, 1.82) is 0 Å². The first-order valence-electron chi connectivity index (χ1n) is 4.88. The lowest BCUT2D eigenvalue weighted by Crippen LogP contribution is -2.09. The minimum atomic E-state index is -0.277. The number of nitrogens with one attached hydrogen (secondary N) is 2. The summed E-state index contributed by atoms with van der Waals surface area (Å²) in [7, 11) is 0. The normalized spacial score (nSPS) is 12.4. The first-order valence-corrected chi connectivity index (χ1v) is 5.67. The lowest BCUT2D eigenvalue weighted by atomic mass is 10.2. The molecule has 2 N–H and O–H groups in total. The van der Waals surface area contributed by atoms with E-state index in [2.05, 4.69) is 31.4 Å². The van der Waals surface area contributed by atoms with Gasteiger partial charge in [0.25, 0.3) is 0 Å². The zero-order valence-electron chi connectivity index (χ0n) is 8.67. The van der Waals surface area contributed by atoms with Crippen LogP contribution in [0.2, 0.25) is 0 Å². The van der Waals surface area contributed by atoms with Crippen molar-refractivity contribution in [3.8, 4) is 0 Å². The maximum Gasteiger partial charge on any atom is 0.147 e. The molecule has 0 saturated heterocycles. The second kappa shape index (κ2) is 4.65. The monoisotopic (exact) mass is 283 g/mol. The summed E-state index contributed by atoms with van der Waals surface area (Å²) in [6, 6.07) is 6.70.